The molecule has 0 radical (unpaired) electrons. The van der Waals surface area contributed by atoms with Crippen molar-refractivity contribution in [3.63, 3.8) is 0 Å². The van der Waals surface area contributed by atoms with Crippen molar-refractivity contribution >= 4 is 33.2 Å². The zero-order chi connectivity index (χ0) is 8.43. The lowest BCUT2D eigenvalue weighted by Crippen LogP contribution is -2.09. The Kier molecular flexibility index (Phi) is 2.73. The van der Waals surface area contributed by atoms with Crippen molar-refractivity contribution in [1.29, 1.82) is 0 Å². The smallest absolute Gasteiger partial charge is 0.131 e. The van der Waals surface area contributed by atoms with Crippen molar-refractivity contribution in [2.75, 3.05) is 19.0 Å². The first-order valence-electron chi connectivity index (χ1n) is 3.10. The van der Waals surface area contributed by atoms with Gasteiger partial charge in [-0.05, 0) is 28.1 Å². The molecule has 4 heteroatoms. The van der Waals surface area contributed by atoms with Gasteiger partial charge in [-0.15, -0.1) is 0 Å². The van der Waals surface area contributed by atoms with Crippen LogP contribution in [0.2, 0.25) is 5.15 Å². The van der Waals surface area contributed by atoms with Gasteiger partial charge in [-0.3, -0.25) is 0 Å². The molecule has 0 bridgehead atoms. The monoisotopic (exact) mass is 234 g/mol. The van der Waals surface area contributed by atoms with Gasteiger partial charge in [0.25, 0.3) is 0 Å². The Morgan fingerprint density at radius 3 is 2.55 bits per heavy atom. The average molecular weight is 236 g/mol. The first kappa shape index (κ1) is 8.81. The number of hydrogen-bond donors (Lipinski definition) is 0. The molecule has 0 fully saturated rings. The van der Waals surface area contributed by atoms with E-state index in [0.29, 0.717) is 5.15 Å². The van der Waals surface area contributed by atoms with Crippen LogP contribution in [0.15, 0.2) is 16.7 Å². The highest BCUT2D eigenvalue weighted by Crippen LogP contribution is 2.23. The van der Waals surface area contributed by atoms with E-state index in [2.05, 4.69) is 20.9 Å². The minimum absolute atomic E-state index is 0.502. The van der Waals surface area contributed by atoms with Gasteiger partial charge in [-0.1, -0.05) is 11.6 Å². The Hall–Kier alpha value is -0.280. The first-order chi connectivity index (χ1) is 5.11. The van der Waals surface area contributed by atoms with E-state index >= 15 is 0 Å². The van der Waals surface area contributed by atoms with Crippen LogP contribution in [0.3, 0.4) is 0 Å². The fourth-order valence-electron chi connectivity index (χ4n) is 0.738. The summed E-state index contributed by atoms with van der Waals surface area (Å²) in [6, 6.07) is 3.68. The van der Waals surface area contributed by atoms with E-state index in [1.165, 1.54) is 0 Å². The van der Waals surface area contributed by atoms with Crippen LogP contribution in [-0.2, 0) is 0 Å². The summed E-state index contributed by atoms with van der Waals surface area (Å²) >= 11 is 8.97. The zero-order valence-corrected chi connectivity index (χ0v) is 8.65. The number of anilines is 1. The second-order valence-electron chi connectivity index (χ2n) is 2.34. The Balaban J connectivity index is 3.09. The molecular formula is C7H8BrClN2. The van der Waals surface area contributed by atoms with Crippen molar-refractivity contribution in [3.8, 4) is 0 Å². The third-order valence-corrected chi connectivity index (χ3v) is 2.07. The van der Waals surface area contributed by atoms with E-state index in [9.17, 15) is 0 Å². The van der Waals surface area contributed by atoms with Crippen LogP contribution >= 0.6 is 27.5 Å². The molecule has 0 aliphatic rings. The molecule has 0 atom stereocenters. The van der Waals surface area contributed by atoms with Crippen LogP contribution in [0.4, 0.5) is 5.69 Å². The Morgan fingerprint density at radius 1 is 1.45 bits per heavy atom. The summed E-state index contributed by atoms with van der Waals surface area (Å²) in [4.78, 5) is 6.00. The van der Waals surface area contributed by atoms with Gasteiger partial charge in [0, 0.05) is 14.1 Å². The molecule has 0 saturated heterocycles. The van der Waals surface area contributed by atoms with Gasteiger partial charge in [0.05, 0.1) is 5.69 Å². The van der Waals surface area contributed by atoms with Crippen LogP contribution in [-0.4, -0.2) is 19.1 Å². The van der Waals surface area contributed by atoms with Gasteiger partial charge in [0.1, 0.15) is 9.76 Å². The highest BCUT2D eigenvalue weighted by Gasteiger charge is 2.02. The minimum Gasteiger partial charge on any atom is -0.375 e. The quantitative estimate of drug-likeness (QED) is 0.696. The number of hydrogen-bond acceptors (Lipinski definition) is 2. The Morgan fingerprint density at radius 2 is 2.09 bits per heavy atom. The number of aromatic nitrogens is 1. The van der Waals surface area contributed by atoms with Crippen LogP contribution < -0.4 is 4.90 Å². The second kappa shape index (κ2) is 3.41. The SMILES string of the molecule is CN(C)c1ccc(Cl)nc1Br. The fourth-order valence-corrected chi connectivity index (χ4v) is 1.67. The summed E-state index contributed by atoms with van der Waals surface area (Å²) in [5.41, 5.74) is 1.02. The molecule has 1 heterocycles. The molecule has 0 amide bonds. The molecule has 0 N–H and O–H groups in total. The van der Waals surface area contributed by atoms with E-state index in [-0.39, 0.29) is 0 Å². The molecule has 1 aromatic heterocycles. The molecule has 0 aliphatic carbocycles. The van der Waals surface area contributed by atoms with Crippen LogP contribution in [0.5, 0.6) is 0 Å². The minimum atomic E-state index is 0.502. The van der Waals surface area contributed by atoms with Gasteiger partial charge in [-0.25, -0.2) is 4.98 Å². The van der Waals surface area contributed by atoms with Crippen molar-refractivity contribution in [2.45, 2.75) is 0 Å². The standard InChI is InChI=1S/C7H8BrClN2/c1-11(2)5-3-4-6(9)10-7(5)8/h3-4H,1-2H3. The lowest BCUT2D eigenvalue weighted by Gasteiger charge is -2.13. The van der Waals surface area contributed by atoms with Crippen molar-refractivity contribution < 1.29 is 0 Å². The van der Waals surface area contributed by atoms with Crippen LogP contribution in [0, 0.1) is 0 Å². The predicted molar refractivity (Wildman–Crippen MR) is 51.3 cm³/mol. The molecule has 1 aromatic rings. The maximum Gasteiger partial charge on any atom is 0.131 e. The maximum atomic E-state index is 5.66. The molecule has 0 saturated carbocycles. The van der Waals surface area contributed by atoms with Crippen molar-refractivity contribution in [2.24, 2.45) is 0 Å². The van der Waals surface area contributed by atoms with E-state index in [1.807, 2.05) is 25.1 Å². The molecule has 1 rings (SSSR count). The summed E-state index contributed by atoms with van der Waals surface area (Å²) in [7, 11) is 3.91. The molecular weight excluding hydrogens is 227 g/mol. The lowest BCUT2D eigenvalue weighted by atomic mass is 10.4. The number of rotatable bonds is 1. The normalized spacial score (nSPS) is 9.82. The van der Waals surface area contributed by atoms with Crippen molar-refractivity contribution in [1.82, 2.24) is 4.98 Å². The maximum absolute atomic E-state index is 5.66. The number of halogens is 2. The summed E-state index contributed by atoms with van der Waals surface area (Å²) < 4.78 is 0.773. The van der Waals surface area contributed by atoms with Gasteiger partial charge in [-0.2, -0.15) is 0 Å². The molecule has 60 valence electrons. The lowest BCUT2D eigenvalue weighted by molar-refractivity contribution is 1.09. The fraction of sp³-hybridized carbons (Fsp3) is 0.286. The summed E-state index contributed by atoms with van der Waals surface area (Å²) in [6.45, 7) is 0. The molecule has 0 spiro atoms. The summed E-state index contributed by atoms with van der Waals surface area (Å²) in [5, 5.41) is 0.502. The summed E-state index contributed by atoms with van der Waals surface area (Å²) in [5.74, 6) is 0. The summed E-state index contributed by atoms with van der Waals surface area (Å²) in [6.07, 6.45) is 0. The largest absolute Gasteiger partial charge is 0.375 e. The highest BCUT2D eigenvalue weighted by molar-refractivity contribution is 9.10. The van der Waals surface area contributed by atoms with E-state index < -0.39 is 0 Å². The number of pyridine rings is 1. The van der Waals surface area contributed by atoms with Gasteiger partial charge in [0.15, 0.2) is 0 Å². The topological polar surface area (TPSA) is 16.1 Å². The second-order valence-corrected chi connectivity index (χ2v) is 3.48. The van der Waals surface area contributed by atoms with Gasteiger partial charge < -0.3 is 4.90 Å². The first-order valence-corrected chi connectivity index (χ1v) is 4.27. The third-order valence-electron chi connectivity index (χ3n) is 1.28. The zero-order valence-electron chi connectivity index (χ0n) is 6.31. The van der Waals surface area contributed by atoms with E-state index in [4.69, 9.17) is 11.6 Å². The van der Waals surface area contributed by atoms with Crippen molar-refractivity contribution in [3.05, 3.63) is 21.9 Å². The van der Waals surface area contributed by atoms with Gasteiger partial charge >= 0.3 is 0 Å². The van der Waals surface area contributed by atoms with Crippen LogP contribution in [0.1, 0.15) is 0 Å². The Labute approximate surface area is 79.3 Å². The predicted octanol–water partition coefficient (Wildman–Crippen LogP) is 2.56. The average Bonchev–Trinajstić information content (AvgIpc) is 1.85. The third kappa shape index (κ3) is 2.07. The Bertz CT molecular complexity index is 263. The molecule has 0 aromatic carbocycles. The number of nitrogens with zero attached hydrogens (tertiary/aromatic N) is 2. The molecule has 2 nitrogen and oxygen atoms in total. The van der Waals surface area contributed by atoms with E-state index in [0.717, 1.165) is 10.3 Å². The highest BCUT2D eigenvalue weighted by atomic mass is 79.9. The molecule has 11 heavy (non-hydrogen) atoms. The molecule has 0 unspecified atom stereocenters. The van der Waals surface area contributed by atoms with Gasteiger partial charge in [0.2, 0.25) is 0 Å². The van der Waals surface area contributed by atoms with Crippen LogP contribution in [0.25, 0.3) is 0 Å². The molecule has 0 aliphatic heterocycles. The van der Waals surface area contributed by atoms with E-state index in [1.54, 1.807) is 6.07 Å².